The lowest BCUT2D eigenvalue weighted by Crippen LogP contribution is -2.37. The minimum absolute atomic E-state index is 0.158. The van der Waals surface area contributed by atoms with Gasteiger partial charge in [0.25, 0.3) is 5.69 Å². The summed E-state index contributed by atoms with van der Waals surface area (Å²) in [6.07, 6.45) is 3.63. The average molecular weight is 446 g/mol. The predicted molar refractivity (Wildman–Crippen MR) is 124 cm³/mol. The molecule has 7 nitrogen and oxygen atoms in total. The maximum Gasteiger partial charge on any atom is 0.269 e. The average Bonchev–Trinajstić information content (AvgIpc) is 3.20. The smallest absolute Gasteiger partial charge is 0.269 e. The first kappa shape index (κ1) is 21.1. The van der Waals surface area contributed by atoms with Crippen LogP contribution >= 0.6 is 0 Å². The zero-order valence-corrected chi connectivity index (χ0v) is 17.9. The van der Waals surface area contributed by atoms with Crippen molar-refractivity contribution in [2.75, 3.05) is 0 Å². The Bertz CT molecular complexity index is 1400. The zero-order valence-electron chi connectivity index (χ0n) is 17.9. The quantitative estimate of drug-likeness (QED) is 0.317. The van der Waals surface area contributed by atoms with Crippen molar-refractivity contribution < 1.29 is 9.72 Å². The summed E-state index contributed by atoms with van der Waals surface area (Å²) in [4.78, 5) is 26.7. The summed E-state index contributed by atoms with van der Waals surface area (Å²) in [6.45, 7) is 0. The fraction of sp³-hybridized carbons (Fsp3) is 0.148. The molecule has 2 aliphatic rings. The monoisotopic (exact) mass is 446 g/mol. The minimum Gasteiger partial charge on any atom is -0.357 e. The van der Waals surface area contributed by atoms with E-state index in [-0.39, 0.29) is 11.5 Å². The number of nitro benzene ring substituents is 1. The summed E-state index contributed by atoms with van der Waals surface area (Å²) in [5.41, 5.74) is 0.670. The summed E-state index contributed by atoms with van der Waals surface area (Å²) in [5.74, 6) is -1.17. The van der Waals surface area contributed by atoms with Crippen LogP contribution in [0.3, 0.4) is 0 Å². The van der Waals surface area contributed by atoms with Gasteiger partial charge >= 0.3 is 0 Å². The lowest BCUT2D eigenvalue weighted by Gasteiger charge is -2.34. The Morgan fingerprint density at radius 1 is 0.971 bits per heavy atom. The van der Waals surface area contributed by atoms with E-state index in [0.717, 1.165) is 11.1 Å². The molecule has 0 aliphatic carbocycles. The van der Waals surface area contributed by atoms with Crippen molar-refractivity contribution >= 4 is 17.5 Å². The maximum absolute atomic E-state index is 13.9. The first-order valence-electron chi connectivity index (χ1n) is 10.7. The Morgan fingerprint density at radius 3 is 2.38 bits per heavy atom. The van der Waals surface area contributed by atoms with Crippen LogP contribution in [0.25, 0.3) is 6.08 Å². The second-order valence-corrected chi connectivity index (χ2v) is 8.39. The van der Waals surface area contributed by atoms with E-state index in [2.05, 4.69) is 12.1 Å². The Morgan fingerprint density at radius 2 is 1.68 bits per heavy atom. The van der Waals surface area contributed by atoms with Crippen molar-refractivity contribution in [3.8, 4) is 12.1 Å². The van der Waals surface area contributed by atoms with Crippen molar-refractivity contribution in [2.24, 2.45) is 5.41 Å². The zero-order chi connectivity index (χ0) is 23.9. The molecule has 2 heterocycles. The van der Waals surface area contributed by atoms with Crippen LogP contribution in [0.4, 0.5) is 5.69 Å². The molecule has 0 bridgehead atoms. The van der Waals surface area contributed by atoms with Crippen molar-refractivity contribution in [3.63, 3.8) is 0 Å². The van der Waals surface area contributed by atoms with Gasteiger partial charge in [-0.05, 0) is 22.8 Å². The number of carbonyl (C=O) groups excluding carboxylic acids is 1. The number of hydrogen-bond donors (Lipinski definition) is 0. The number of nitriles is 2. The Hall–Kier alpha value is -4.75. The summed E-state index contributed by atoms with van der Waals surface area (Å²) in [6, 6.07) is 24.9. The Labute approximate surface area is 195 Å². The Kier molecular flexibility index (Phi) is 4.96. The van der Waals surface area contributed by atoms with Crippen LogP contribution < -0.4 is 0 Å². The summed E-state index contributed by atoms with van der Waals surface area (Å²) >= 11 is 0. The number of ketones is 1. The normalized spacial score (nSPS) is 21.6. The van der Waals surface area contributed by atoms with Crippen molar-refractivity contribution in [2.45, 2.75) is 18.0 Å². The largest absolute Gasteiger partial charge is 0.357 e. The van der Waals surface area contributed by atoms with Crippen molar-refractivity contribution in [3.05, 3.63) is 117 Å². The molecule has 0 spiro atoms. The molecular weight excluding hydrogens is 428 g/mol. The SMILES string of the molecule is N#CC1(C#N)C(c2cccc([N+](=O)[O-])c2)C(C(=O)c2ccccc2)N2C=Cc3ccccc3C21. The van der Waals surface area contributed by atoms with Crippen LogP contribution in [-0.4, -0.2) is 21.6 Å². The number of non-ortho nitro benzene ring substituents is 1. The molecule has 3 atom stereocenters. The van der Waals surface area contributed by atoms with Gasteiger partial charge in [0, 0.05) is 29.8 Å². The number of fused-ring (bicyclic) bond motifs is 3. The molecule has 0 N–H and O–H groups in total. The molecule has 0 aromatic heterocycles. The number of benzene rings is 3. The van der Waals surface area contributed by atoms with Gasteiger partial charge in [0.05, 0.1) is 23.1 Å². The highest BCUT2D eigenvalue weighted by atomic mass is 16.6. The van der Waals surface area contributed by atoms with Gasteiger partial charge in [-0.15, -0.1) is 0 Å². The first-order valence-corrected chi connectivity index (χ1v) is 10.7. The van der Waals surface area contributed by atoms with E-state index in [4.69, 9.17) is 0 Å². The van der Waals surface area contributed by atoms with Gasteiger partial charge in [-0.3, -0.25) is 14.9 Å². The van der Waals surface area contributed by atoms with Gasteiger partial charge in [0.1, 0.15) is 6.04 Å². The number of Topliss-reactive ketones (excluding diaryl/α,β-unsaturated/α-hetero) is 1. The third-order valence-electron chi connectivity index (χ3n) is 6.71. The van der Waals surface area contributed by atoms with Gasteiger partial charge in [-0.2, -0.15) is 10.5 Å². The molecule has 34 heavy (non-hydrogen) atoms. The first-order chi connectivity index (χ1) is 16.5. The van der Waals surface area contributed by atoms with Gasteiger partial charge < -0.3 is 4.90 Å². The van der Waals surface area contributed by atoms with Gasteiger partial charge in [-0.1, -0.05) is 66.7 Å². The third kappa shape index (κ3) is 2.99. The Balaban J connectivity index is 1.79. The second kappa shape index (κ2) is 7.99. The molecule has 0 amide bonds. The lowest BCUT2D eigenvalue weighted by atomic mass is 9.67. The number of nitro groups is 1. The molecule has 3 unspecified atom stereocenters. The molecule has 3 aromatic rings. The highest BCUT2D eigenvalue weighted by Gasteiger charge is 2.64. The van der Waals surface area contributed by atoms with Gasteiger partial charge in [0.2, 0.25) is 0 Å². The third-order valence-corrected chi connectivity index (χ3v) is 6.71. The number of rotatable bonds is 4. The molecule has 0 saturated carbocycles. The van der Waals surface area contributed by atoms with E-state index in [0.29, 0.717) is 11.1 Å². The molecule has 1 saturated heterocycles. The standard InChI is InChI=1S/C27H18N4O3/c28-16-27(17-29)23(20-10-6-11-21(15-20)31(33)34)24(25(32)19-8-2-1-3-9-19)30-14-13-18-7-4-5-12-22(18)26(27)30/h1-15,23-24,26H. The van der Waals surface area contributed by atoms with Crippen molar-refractivity contribution in [1.82, 2.24) is 4.90 Å². The lowest BCUT2D eigenvalue weighted by molar-refractivity contribution is -0.384. The number of carbonyl (C=O) groups is 1. The van der Waals surface area contributed by atoms with Crippen molar-refractivity contribution in [1.29, 1.82) is 10.5 Å². The highest BCUT2D eigenvalue weighted by molar-refractivity contribution is 6.01. The molecule has 2 aliphatic heterocycles. The van der Waals surface area contributed by atoms with E-state index in [1.54, 1.807) is 47.5 Å². The molecule has 7 heteroatoms. The van der Waals surface area contributed by atoms with Gasteiger partial charge in [-0.25, -0.2) is 0 Å². The predicted octanol–water partition coefficient (Wildman–Crippen LogP) is 5.00. The van der Waals surface area contributed by atoms with Crippen LogP contribution in [-0.2, 0) is 0 Å². The molecule has 5 rings (SSSR count). The van der Waals surface area contributed by atoms with Crippen LogP contribution in [0.1, 0.15) is 39.0 Å². The molecular formula is C27H18N4O3. The van der Waals surface area contributed by atoms with Crippen LogP contribution in [0.5, 0.6) is 0 Å². The topological polar surface area (TPSA) is 111 Å². The second-order valence-electron chi connectivity index (χ2n) is 8.39. The molecule has 164 valence electrons. The van der Waals surface area contributed by atoms with Crippen LogP contribution in [0.2, 0.25) is 0 Å². The van der Waals surface area contributed by atoms with Crippen LogP contribution in [0, 0.1) is 38.2 Å². The highest BCUT2D eigenvalue weighted by Crippen LogP contribution is 2.60. The van der Waals surface area contributed by atoms with Crippen LogP contribution in [0.15, 0.2) is 85.1 Å². The van der Waals surface area contributed by atoms with E-state index in [9.17, 15) is 25.4 Å². The fourth-order valence-electron chi connectivity index (χ4n) is 5.27. The summed E-state index contributed by atoms with van der Waals surface area (Å²) in [7, 11) is 0. The fourth-order valence-corrected chi connectivity index (χ4v) is 5.27. The minimum atomic E-state index is -1.66. The number of nitrogens with zero attached hydrogens (tertiary/aromatic N) is 4. The molecule has 1 fully saturated rings. The van der Waals surface area contributed by atoms with E-state index in [1.165, 1.54) is 18.2 Å². The maximum atomic E-state index is 13.9. The number of hydrogen-bond acceptors (Lipinski definition) is 6. The molecule has 3 aromatic carbocycles. The van der Waals surface area contributed by atoms with Gasteiger partial charge in [0.15, 0.2) is 11.2 Å². The van der Waals surface area contributed by atoms with E-state index < -0.39 is 28.3 Å². The summed E-state index contributed by atoms with van der Waals surface area (Å²) in [5, 5.41) is 32.5. The van der Waals surface area contributed by atoms with E-state index >= 15 is 0 Å². The molecule has 0 radical (unpaired) electrons. The van der Waals surface area contributed by atoms with E-state index in [1.807, 2.05) is 30.3 Å². The summed E-state index contributed by atoms with van der Waals surface area (Å²) < 4.78 is 0.